The van der Waals surface area contributed by atoms with Crippen LogP contribution in [0.4, 0.5) is 13.2 Å². The maximum absolute atomic E-state index is 12.6. The topological polar surface area (TPSA) is 37.3 Å². The summed E-state index contributed by atoms with van der Waals surface area (Å²) in [5.74, 6) is -4.28. The summed E-state index contributed by atoms with van der Waals surface area (Å²) < 4.78 is 37.9. The first kappa shape index (κ1) is 16.3. The van der Waals surface area contributed by atoms with Crippen LogP contribution < -0.4 is 0 Å². The number of hydrogen-bond donors (Lipinski definition) is 1. The first-order valence-corrected chi connectivity index (χ1v) is 6.12. The summed E-state index contributed by atoms with van der Waals surface area (Å²) in [6.45, 7) is 5.75. The van der Waals surface area contributed by atoms with Gasteiger partial charge >= 0.3 is 12.1 Å². The van der Waals surface area contributed by atoms with E-state index in [1.54, 1.807) is 6.92 Å². The number of aliphatic carboxylic acids is 1. The average molecular weight is 254 g/mol. The minimum absolute atomic E-state index is 0.0408. The largest absolute Gasteiger partial charge is 0.481 e. The van der Waals surface area contributed by atoms with Gasteiger partial charge in [0.2, 0.25) is 0 Å². The second-order valence-corrected chi connectivity index (χ2v) is 4.36. The molecule has 1 rings (SSSR count). The monoisotopic (exact) mass is 254 g/mol. The molecule has 0 amide bonds. The van der Waals surface area contributed by atoms with Gasteiger partial charge < -0.3 is 5.11 Å². The average Bonchev–Trinajstić information content (AvgIpc) is 2.42. The lowest BCUT2D eigenvalue weighted by atomic mass is 9.85. The molecule has 0 aromatic rings. The lowest BCUT2D eigenvalue weighted by Gasteiger charge is -2.25. The molecule has 0 spiro atoms. The van der Waals surface area contributed by atoms with Gasteiger partial charge in [0.25, 0.3) is 0 Å². The number of alkyl halides is 3. The summed E-state index contributed by atoms with van der Waals surface area (Å²) >= 11 is 0. The quantitative estimate of drug-likeness (QED) is 0.715. The van der Waals surface area contributed by atoms with Crippen LogP contribution in [0.15, 0.2) is 0 Å². The molecule has 0 heterocycles. The molecule has 1 aliphatic carbocycles. The molecular weight excluding hydrogens is 233 g/mol. The Morgan fingerprint density at radius 3 is 2.18 bits per heavy atom. The third-order valence-electron chi connectivity index (χ3n) is 3.09. The first-order chi connectivity index (χ1) is 7.82. The van der Waals surface area contributed by atoms with Gasteiger partial charge in [-0.2, -0.15) is 13.2 Å². The third kappa shape index (κ3) is 4.96. The molecule has 102 valence electrons. The maximum atomic E-state index is 12.6. The highest BCUT2D eigenvalue weighted by molar-refractivity contribution is 5.70. The van der Waals surface area contributed by atoms with Crippen molar-refractivity contribution >= 4 is 5.97 Å². The summed E-state index contributed by atoms with van der Waals surface area (Å²) in [5, 5.41) is 8.78. The minimum Gasteiger partial charge on any atom is -0.481 e. The van der Waals surface area contributed by atoms with E-state index in [9.17, 15) is 18.0 Å². The second-order valence-electron chi connectivity index (χ2n) is 4.36. The summed E-state index contributed by atoms with van der Waals surface area (Å²) in [4.78, 5) is 10.8. The number of halogens is 3. The lowest BCUT2D eigenvalue weighted by Crippen LogP contribution is -2.34. The lowest BCUT2D eigenvalue weighted by molar-refractivity contribution is -0.199. The zero-order valence-electron chi connectivity index (χ0n) is 10.5. The number of hydrogen-bond acceptors (Lipinski definition) is 1. The van der Waals surface area contributed by atoms with Crippen molar-refractivity contribution < 1.29 is 23.1 Å². The minimum atomic E-state index is -4.39. The fourth-order valence-corrected chi connectivity index (χ4v) is 2.26. The Balaban J connectivity index is 0.00000121. The zero-order valence-corrected chi connectivity index (χ0v) is 10.5. The van der Waals surface area contributed by atoms with E-state index in [2.05, 4.69) is 0 Å². The highest BCUT2D eigenvalue weighted by atomic mass is 19.4. The van der Waals surface area contributed by atoms with Crippen LogP contribution in [-0.4, -0.2) is 17.3 Å². The van der Waals surface area contributed by atoms with E-state index >= 15 is 0 Å². The van der Waals surface area contributed by atoms with Crippen molar-refractivity contribution in [2.24, 2.45) is 17.8 Å². The fourth-order valence-electron chi connectivity index (χ4n) is 2.26. The van der Waals surface area contributed by atoms with Gasteiger partial charge in [-0.25, -0.2) is 0 Å². The Morgan fingerprint density at radius 1 is 1.24 bits per heavy atom. The highest BCUT2D eigenvalue weighted by Crippen LogP contribution is 2.42. The molecule has 0 saturated heterocycles. The molecule has 0 bridgehead atoms. The van der Waals surface area contributed by atoms with Gasteiger partial charge in [0, 0.05) is 0 Å². The molecule has 2 nitrogen and oxygen atoms in total. The molecule has 1 saturated carbocycles. The summed E-state index contributed by atoms with van der Waals surface area (Å²) in [5.41, 5.74) is 0. The van der Waals surface area contributed by atoms with E-state index in [1.165, 1.54) is 0 Å². The second kappa shape index (κ2) is 6.87. The Kier molecular flexibility index (Phi) is 6.57. The van der Waals surface area contributed by atoms with Crippen molar-refractivity contribution in [2.75, 3.05) is 0 Å². The SMILES string of the molecule is CC.CC1CCCC(C(=O)O)C(C(F)(F)F)C1. The van der Waals surface area contributed by atoms with Crippen molar-refractivity contribution in [1.29, 1.82) is 0 Å². The molecule has 5 heteroatoms. The predicted molar refractivity (Wildman–Crippen MR) is 59.7 cm³/mol. The van der Waals surface area contributed by atoms with Crippen LogP contribution in [0.3, 0.4) is 0 Å². The van der Waals surface area contributed by atoms with E-state index in [1.807, 2.05) is 13.8 Å². The fraction of sp³-hybridized carbons (Fsp3) is 0.917. The molecule has 0 aromatic heterocycles. The van der Waals surface area contributed by atoms with Crippen LogP contribution in [0.1, 0.15) is 46.5 Å². The molecule has 1 aliphatic rings. The summed E-state index contributed by atoms with van der Waals surface area (Å²) in [6, 6.07) is 0. The Morgan fingerprint density at radius 2 is 1.76 bits per heavy atom. The van der Waals surface area contributed by atoms with E-state index in [0.29, 0.717) is 12.8 Å². The Bertz CT molecular complexity index is 238. The van der Waals surface area contributed by atoms with Gasteiger partial charge in [0.1, 0.15) is 0 Å². The van der Waals surface area contributed by atoms with Gasteiger partial charge in [0.05, 0.1) is 11.8 Å². The normalized spacial score (nSPS) is 29.9. The van der Waals surface area contributed by atoms with Crippen LogP contribution in [-0.2, 0) is 4.79 Å². The predicted octanol–water partition coefficient (Wildman–Crippen LogP) is 4.10. The molecule has 3 atom stereocenters. The Hall–Kier alpha value is -0.740. The molecule has 0 aromatic carbocycles. The van der Waals surface area contributed by atoms with Gasteiger partial charge in [-0.1, -0.05) is 33.6 Å². The molecule has 0 aliphatic heterocycles. The van der Waals surface area contributed by atoms with Gasteiger partial charge in [0.15, 0.2) is 0 Å². The smallest absolute Gasteiger partial charge is 0.392 e. The van der Waals surface area contributed by atoms with Crippen molar-refractivity contribution in [3.05, 3.63) is 0 Å². The van der Waals surface area contributed by atoms with Crippen molar-refractivity contribution in [2.45, 2.75) is 52.6 Å². The third-order valence-corrected chi connectivity index (χ3v) is 3.09. The standard InChI is InChI=1S/C10H15F3O2.C2H6/c1-6-3-2-4-7(9(14)15)8(5-6)10(11,12)13;1-2/h6-8H,2-5H2,1H3,(H,14,15);1-2H3. The van der Waals surface area contributed by atoms with Gasteiger partial charge in [-0.3, -0.25) is 4.79 Å². The van der Waals surface area contributed by atoms with Crippen molar-refractivity contribution in [3.8, 4) is 0 Å². The van der Waals surface area contributed by atoms with Crippen LogP contribution in [0.5, 0.6) is 0 Å². The van der Waals surface area contributed by atoms with Crippen molar-refractivity contribution in [3.63, 3.8) is 0 Å². The van der Waals surface area contributed by atoms with Crippen LogP contribution in [0.2, 0.25) is 0 Å². The summed E-state index contributed by atoms with van der Waals surface area (Å²) in [7, 11) is 0. The number of carbonyl (C=O) groups is 1. The molecule has 3 unspecified atom stereocenters. The Labute approximate surface area is 100 Å². The number of carboxylic acids is 1. The van der Waals surface area contributed by atoms with Gasteiger partial charge in [-0.15, -0.1) is 0 Å². The molecule has 1 N–H and O–H groups in total. The number of carboxylic acid groups (broad SMARTS) is 1. The highest BCUT2D eigenvalue weighted by Gasteiger charge is 2.48. The van der Waals surface area contributed by atoms with Crippen molar-refractivity contribution in [1.82, 2.24) is 0 Å². The molecular formula is C12H21F3O2. The van der Waals surface area contributed by atoms with E-state index in [0.717, 1.165) is 0 Å². The van der Waals surface area contributed by atoms with Crippen LogP contribution in [0, 0.1) is 17.8 Å². The van der Waals surface area contributed by atoms with Crippen LogP contribution >= 0.6 is 0 Å². The molecule has 17 heavy (non-hydrogen) atoms. The molecule has 0 radical (unpaired) electrons. The van der Waals surface area contributed by atoms with Crippen LogP contribution in [0.25, 0.3) is 0 Å². The first-order valence-electron chi connectivity index (χ1n) is 6.12. The van der Waals surface area contributed by atoms with E-state index in [4.69, 9.17) is 5.11 Å². The maximum Gasteiger partial charge on any atom is 0.392 e. The zero-order chi connectivity index (χ0) is 13.6. The van der Waals surface area contributed by atoms with Gasteiger partial charge in [-0.05, 0) is 18.8 Å². The number of rotatable bonds is 1. The molecule has 1 fully saturated rings. The summed E-state index contributed by atoms with van der Waals surface area (Å²) in [6.07, 6.45) is -3.03. The van der Waals surface area contributed by atoms with E-state index in [-0.39, 0.29) is 18.8 Å². The van der Waals surface area contributed by atoms with E-state index < -0.39 is 24.0 Å².